The summed E-state index contributed by atoms with van der Waals surface area (Å²) < 4.78 is 5.31. The quantitative estimate of drug-likeness (QED) is 0.774. The van der Waals surface area contributed by atoms with E-state index in [1.807, 2.05) is 42.5 Å². The highest BCUT2D eigenvalue weighted by Gasteiger charge is 2.25. The van der Waals surface area contributed by atoms with Crippen LogP contribution in [-0.2, 0) is 22.6 Å². The molecule has 6 heteroatoms. The summed E-state index contributed by atoms with van der Waals surface area (Å²) in [6, 6.07) is 18.0. The average molecular weight is 381 g/mol. The fourth-order valence-corrected chi connectivity index (χ4v) is 3.39. The summed E-state index contributed by atoms with van der Waals surface area (Å²) in [5, 5.41) is 2.73. The predicted molar refractivity (Wildman–Crippen MR) is 108 cm³/mol. The molecule has 0 aromatic heterocycles. The van der Waals surface area contributed by atoms with Crippen LogP contribution in [0.15, 0.2) is 54.6 Å². The molecule has 2 aromatic carbocycles. The van der Waals surface area contributed by atoms with Crippen molar-refractivity contribution >= 4 is 11.8 Å². The highest BCUT2D eigenvalue weighted by molar-refractivity contribution is 6.35. The van der Waals surface area contributed by atoms with Crippen LogP contribution in [0.4, 0.5) is 0 Å². The van der Waals surface area contributed by atoms with Crippen LogP contribution in [0.3, 0.4) is 0 Å². The molecule has 1 aliphatic heterocycles. The zero-order chi connectivity index (χ0) is 19.8. The molecule has 0 radical (unpaired) electrons. The topological polar surface area (TPSA) is 61.9 Å². The van der Waals surface area contributed by atoms with Crippen LogP contribution in [-0.4, -0.2) is 61.4 Å². The number of carbonyl (C=O) groups is 2. The summed E-state index contributed by atoms with van der Waals surface area (Å²) in [7, 11) is 1.62. The van der Waals surface area contributed by atoms with Crippen molar-refractivity contribution in [1.82, 2.24) is 15.1 Å². The minimum absolute atomic E-state index is 0.402. The van der Waals surface area contributed by atoms with Crippen molar-refractivity contribution < 1.29 is 14.3 Å². The summed E-state index contributed by atoms with van der Waals surface area (Å²) in [6.07, 6.45) is 0.619. The van der Waals surface area contributed by atoms with E-state index >= 15 is 0 Å². The Bertz CT molecular complexity index is 787. The molecule has 2 amide bonds. The van der Waals surface area contributed by atoms with Crippen LogP contribution in [0.1, 0.15) is 11.1 Å². The molecule has 0 spiro atoms. The van der Waals surface area contributed by atoms with Crippen LogP contribution in [0.25, 0.3) is 0 Å². The van der Waals surface area contributed by atoms with E-state index in [9.17, 15) is 9.59 Å². The first-order valence-corrected chi connectivity index (χ1v) is 9.62. The second-order valence-corrected chi connectivity index (χ2v) is 6.87. The Labute approximate surface area is 166 Å². The first-order chi connectivity index (χ1) is 13.7. The summed E-state index contributed by atoms with van der Waals surface area (Å²) in [5.41, 5.74) is 2.27. The molecule has 1 aliphatic rings. The Kier molecular flexibility index (Phi) is 7.03. The number of hydrogen-bond donors (Lipinski definition) is 1. The van der Waals surface area contributed by atoms with Gasteiger partial charge in [0.2, 0.25) is 0 Å². The van der Waals surface area contributed by atoms with Gasteiger partial charge in [-0.25, -0.2) is 0 Å². The monoisotopic (exact) mass is 381 g/mol. The van der Waals surface area contributed by atoms with E-state index in [0.29, 0.717) is 26.1 Å². The fourth-order valence-electron chi connectivity index (χ4n) is 3.39. The number of nitrogens with zero attached hydrogens (tertiary/aromatic N) is 2. The normalized spacial score (nSPS) is 14.5. The van der Waals surface area contributed by atoms with Gasteiger partial charge in [-0.05, 0) is 23.6 Å². The van der Waals surface area contributed by atoms with Crippen molar-refractivity contribution in [3.8, 4) is 5.75 Å². The molecule has 3 rings (SSSR count). The molecule has 0 bridgehead atoms. The summed E-state index contributed by atoms with van der Waals surface area (Å²) >= 11 is 0. The predicted octanol–water partition coefficient (Wildman–Crippen LogP) is 1.70. The van der Waals surface area contributed by atoms with Gasteiger partial charge in [-0.1, -0.05) is 48.5 Å². The average Bonchev–Trinajstić information content (AvgIpc) is 2.75. The number of hydrogen-bond acceptors (Lipinski definition) is 4. The van der Waals surface area contributed by atoms with Crippen molar-refractivity contribution in [1.29, 1.82) is 0 Å². The SMILES string of the molecule is COc1ccccc1CCNC(=O)C(=O)N1CCN(Cc2ccccc2)CC1. The molecule has 1 N–H and O–H groups in total. The van der Waals surface area contributed by atoms with Gasteiger partial charge in [-0.3, -0.25) is 14.5 Å². The highest BCUT2D eigenvalue weighted by atomic mass is 16.5. The van der Waals surface area contributed by atoms with Gasteiger partial charge in [0.25, 0.3) is 0 Å². The minimum Gasteiger partial charge on any atom is -0.496 e. The van der Waals surface area contributed by atoms with Crippen molar-refractivity contribution in [3.63, 3.8) is 0 Å². The maximum Gasteiger partial charge on any atom is 0.311 e. The molecular weight excluding hydrogens is 354 g/mol. The van der Waals surface area contributed by atoms with Crippen molar-refractivity contribution in [3.05, 3.63) is 65.7 Å². The Morgan fingerprint density at radius 3 is 2.36 bits per heavy atom. The van der Waals surface area contributed by atoms with Gasteiger partial charge < -0.3 is 15.0 Å². The summed E-state index contributed by atoms with van der Waals surface area (Å²) in [5.74, 6) is -0.191. The largest absolute Gasteiger partial charge is 0.496 e. The molecule has 0 unspecified atom stereocenters. The second kappa shape index (κ2) is 9.90. The van der Waals surface area contributed by atoms with E-state index in [1.54, 1.807) is 12.0 Å². The number of para-hydroxylation sites is 1. The van der Waals surface area contributed by atoms with Gasteiger partial charge in [-0.2, -0.15) is 0 Å². The second-order valence-electron chi connectivity index (χ2n) is 6.87. The third-order valence-electron chi connectivity index (χ3n) is 4.98. The Morgan fingerprint density at radius 2 is 1.64 bits per heavy atom. The molecule has 148 valence electrons. The molecule has 2 aromatic rings. The lowest BCUT2D eigenvalue weighted by Gasteiger charge is -2.34. The maximum absolute atomic E-state index is 12.4. The van der Waals surface area contributed by atoms with E-state index in [2.05, 4.69) is 22.3 Å². The van der Waals surface area contributed by atoms with Crippen molar-refractivity contribution in [2.75, 3.05) is 39.8 Å². The molecule has 1 heterocycles. The minimum atomic E-state index is -0.536. The van der Waals surface area contributed by atoms with Gasteiger partial charge in [0.05, 0.1) is 7.11 Å². The third-order valence-corrected chi connectivity index (χ3v) is 4.98. The molecule has 6 nitrogen and oxygen atoms in total. The van der Waals surface area contributed by atoms with Gasteiger partial charge in [0, 0.05) is 39.3 Å². The molecule has 1 saturated heterocycles. The van der Waals surface area contributed by atoms with E-state index < -0.39 is 11.8 Å². The Balaban J connectivity index is 1.41. The van der Waals surface area contributed by atoms with Crippen LogP contribution < -0.4 is 10.1 Å². The van der Waals surface area contributed by atoms with Crippen molar-refractivity contribution in [2.45, 2.75) is 13.0 Å². The van der Waals surface area contributed by atoms with Crippen LogP contribution in [0, 0.1) is 0 Å². The van der Waals surface area contributed by atoms with Crippen LogP contribution >= 0.6 is 0 Å². The highest BCUT2D eigenvalue weighted by Crippen LogP contribution is 2.17. The number of benzene rings is 2. The third kappa shape index (κ3) is 5.33. The fraction of sp³-hybridized carbons (Fsp3) is 0.364. The molecule has 0 atom stereocenters. The standard InChI is InChI=1S/C22H27N3O3/c1-28-20-10-6-5-9-19(20)11-12-23-21(26)22(27)25-15-13-24(14-16-25)17-18-7-3-2-4-8-18/h2-10H,11-17H2,1H3,(H,23,26). The van der Waals surface area contributed by atoms with E-state index in [1.165, 1.54) is 5.56 Å². The van der Waals surface area contributed by atoms with E-state index in [4.69, 9.17) is 4.74 Å². The lowest BCUT2D eigenvalue weighted by molar-refractivity contribution is -0.147. The zero-order valence-corrected chi connectivity index (χ0v) is 16.3. The van der Waals surface area contributed by atoms with Crippen LogP contribution in [0.5, 0.6) is 5.75 Å². The molecule has 0 saturated carbocycles. The Morgan fingerprint density at radius 1 is 0.964 bits per heavy atom. The van der Waals surface area contributed by atoms with Gasteiger partial charge in [0.15, 0.2) is 0 Å². The van der Waals surface area contributed by atoms with E-state index in [0.717, 1.165) is 30.9 Å². The number of ether oxygens (including phenoxy) is 1. The van der Waals surface area contributed by atoms with Gasteiger partial charge in [0.1, 0.15) is 5.75 Å². The molecular formula is C22H27N3O3. The number of nitrogens with one attached hydrogen (secondary N) is 1. The van der Waals surface area contributed by atoms with Gasteiger partial charge >= 0.3 is 11.8 Å². The number of methoxy groups -OCH3 is 1. The zero-order valence-electron chi connectivity index (χ0n) is 16.3. The smallest absolute Gasteiger partial charge is 0.311 e. The van der Waals surface area contributed by atoms with Crippen LogP contribution in [0.2, 0.25) is 0 Å². The number of carbonyl (C=O) groups excluding carboxylic acids is 2. The maximum atomic E-state index is 12.4. The van der Waals surface area contributed by atoms with Gasteiger partial charge in [-0.15, -0.1) is 0 Å². The molecule has 28 heavy (non-hydrogen) atoms. The first kappa shape index (κ1) is 19.9. The number of amides is 2. The summed E-state index contributed by atoms with van der Waals surface area (Å²) in [4.78, 5) is 28.6. The number of piperazine rings is 1. The lowest BCUT2D eigenvalue weighted by Crippen LogP contribution is -2.52. The number of rotatable bonds is 6. The van der Waals surface area contributed by atoms with E-state index in [-0.39, 0.29) is 0 Å². The Hall–Kier alpha value is -2.86. The molecule has 0 aliphatic carbocycles. The summed E-state index contributed by atoms with van der Waals surface area (Å²) in [6.45, 7) is 3.97. The first-order valence-electron chi connectivity index (χ1n) is 9.62. The lowest BCUT2D eigenvalue weighted by atomic mass is 10.1. The van der Waals surface area contributed by atoms with Crippen molar-refractivity contribution in [2.24, 2.45) is 0 Å². The molecule has 1 fully saturated rings.